The van der Waals surface area contributed by atoms with Gasteiger partial charge in [0.05, 0.1) is 36.3 Å². The van der Waals surface area contributed by atoms with E-state index >= 15 is 0 Å². The third-order valence-electron chi connectivity index (χ3n) is 3.68. The molecular weight excluding hydrogens is 312 g/mol. The first kappa shape index (κ1) is 18.0. The van der Waals surface area contributed by atoms with Crippen LogP contribution in [0.4, 0.5) is 5.69 Å². The number of aliphatic hydroxyl groups is 1. The highest BCUT2D eigenvalue weighted by atomic mass is 16.6. The zero-order valence-electron chi connectivity index (χ0n) is 14.1. The first-order valence-corrected chi connectivity index (χ1v) is 7.69. The van der Waals surface area contributed by atoms with Gasteiger partial charge in [-0.1, -0.05) is 0 Å². The molecule has 0 bridgehead atoms. The summed E-state index contributed by atoms with van der Waals surface area (Å²) in [4.78, 5) is 12.8. The second-order valence-corrected chi connectivity index (χ2v) is 5.78. The second-order valence-electron chi connectivity index (χ2n) is 5.78. The Labute approximate surface area is 140 Å². The third kappa shape index (κ3) is 4.56. The van der Waals surface area contributed by atoms with Crippen LogP contribution in [0, 0.1) is 10.1 Å². The Kier molecular flexibility index (Phi) is 5.94. The molecule has 7 nitrogen and oxygen atoms in total. The maximum atomic E-state index is 11.3. The minimum atomic E-state index is -0.450. The van der Waals surface area contributed by atoms with Gasteiger partial charge in [0.15, 0.2) is 0 Å². The lowest BCUT2D eigenvalue weighted by Crippen LogP contribution is -2.21. The number of nitro groups is 1. The fourth-order valence-electron chi connectivity index (χ4n) is 2.36. The van der Waals surface area contributed by atoms with Crippen molar-refractivity contribution in [3.63, 3.8) is 0 Å². The van der Waals surface area contributed by atoms with Crippen LogP contribution in [0.2, 0.25) is 0 Å². The molecule has 1 aromatic carbocycles. The molecule has 1 heterocycles. The smallest absolute Gasteiger partial charge is 0.284 e. The van der Waals surface area contributed by atoms with Crippen LogP contribution < -0.4 is 4.74 Å². The number of furan rings is 1. The Morgan fingerprint density at radius 3 is 2.75 bits per heavy atom. The van der Waals surface area contributed by atoms with Gasteiger partial charge in [-0.25, -0.2) is 0 Å². The molecule has 0 amide bonds. The lowest BCUT2D eigenvalue weighted by Gasteiger charge is -2.15. The van der Waals surface area contributed by atoms with Crippen LogP contribution in [0.1, 0.15) is 19.1 Å². The number of methoxy groups -OCH3 is 1. The van der Waals surface area contributed by atoms with Crippen LogP contribution in [0.5, 0.6) is 5.75 Å². The zero-order chi connectivity index (χ0) is 17.7. The van der Waals surface area contributed by atoms with Gasteiger partial charge < -0.3 is 14.3 Å². The van der Waals surface area contributed by atoms with Gasteiger partial charge in [-0.3, -0.25) is 15.0 Å². The van der Waals surface area contributed by atoms with Gasteiger partial charge in [0, 0.05) is 6.54 Å². The minimum absolute atomic E-state index is 0.0577. The van der Waals surface area contributed by atoms with Gasteiger partial charge in [0.2, 0.25) is 0 Å². The maximum absolute atomic E-state index is 11.3. The Balaban J connectivity index is 2.17. The summed E-state index contributed by atoms with van der Waals surface area (Å²) < 4.78 is 10.8. The van der Waals surface area contributed by atoms with Crippen molar-refractivity contribution in [2.45, 2.75) is 26.0 Å². The fraction of sp³-hybridized carbons (Fsp3) is 0.412. The van der Waals surface area contributed by atoms with Crippen molar-refractivity contribution in [3.05, 3.63) is 46.2 Å². The standard InChI is InChI=1S/C17H22N2O5/c1-12(20)8-9-18(2)11-14-5-7-17(24-14)15-6-4-13(23-3)10-16(15)19(21)22/h4-7,10,12,20H,8-9,11H2,1-3H3. The zero-order valence-corrected chi connectivity index (χ0v) is 14.1. The van der Waals surface area contributed by atoms with E-state index in [9.17, 15) is 15.2 Å². The molecule has 0 aliphatic heterocycles. The van der Waals surface area contributed by atoms with Gasteiger partial charge in [-0.05, 0) is 44.7 Å². The Hall–Kier alpha value is -2.38. The van der Waals surface area contributed by atoms with E-state index in [1.54, 1.807) is 25.1 Å². The Morgan fingerprint density at radius 1 is 1.38 bits per heavy atom. The van der Waals surface area contributed by atoms with E-state index in [0.717, 1.165) is 6.54 Å². The fourth-order valence-corrected chi connectivity index (χ4v) is 2.36. The van der Waals surface area contributed by atoms with Crippen LogP contribution in [-0.2, 0) is 6.54 Å². The first-order valence-electron chi connectivity index (χ1n) is 7.69. The summed E-state index contributed by atoms with van der Waals surface area (Å²) in [6.07, 6.45) is 0.329. The number of nitro benzene ring substituents is 1. The number of nitrogens with zero attached hydrogens (tertiary/aromatic N) is 2. The van der Waals surface area contributed by atoms with Crippen molar-refractivity contribution in [2.75, 3.05) is 20.7 Å². The molecule has 7 heteroatoms. The van der Waals surface area contributed by atoms with E-state index in [4.69, 9.17) is 9.15 Å². The highest BCUT2D eigenvalue weighted by Gasteiger charge is 2.19. The molecule has 130 valence electrons. The van der Waals surface area contributed by atoms with Crippen molar-refractivity contribution >= 4 is 5.69 Å². The maximum Gasteiger partial charge on any atom is 0.284 e. The van der Waals surface area contributed by atoms with Crippen molar-refractivity contribution in [1.82, 2.24) is 4.90 Å². The molecule has 0 aliphatic carbocycles. The average Bonchev–Trinajstić information content (AvgIpc) is 3.00. The average molecular weight is 334 g/mol. The van der Waals surface area contributed by atoms with Gasteiger partial charge >= 0.3 is 0 Å². The molecule has 1 aromatic heterocycles. The first-order chi connectivity index (χ1) is 11.4. The Morgan fingerprint density at radius 2 is 2.12 bits per heavy atom. The molecule has 0 radical (unpaired) electrons. The number of hydrogen-bond acceptors (Lipinski definition) is 6. The summed E-state index contributed by atoms with van der Waals surface area (Å²) in [6, 6.07) is 8.21. The molecule has 0 saturated carbocycles. The van der Waals surface area contributed by atoms with Crippen molar-refractivity contribution in [1.29, 1.82) is 0 Å². The van der Waals surface area contributed by atoms with Crippen molar-refractivity contribution < 1.29 is 19.2 Å². The molecule has 0 spiro atoms. The number of benzene rings is 1. The van der Waals surface area contributed by atoms with Crippen LogP contribution in [0.3, 0.4) is 0 Å². The van der Waals surface area contributed by atoms with Crippen LogP contribution in [0.25, 0.3) is 11.3 Å². The molecule has 0 aliphatic rings. The molecule has 24 heavy (non-hydrogen) atoms. The van der Waals surface area contributed by atoms with Crippen molar-refractivity contribution in [2.24, 2.45) is 0 Å². The minimum Gasteiger partial charge on any atom is -0.497 e. The topological polar surface area (TPSA) is 89.0 Å². The lowest BCUT2D eigenvalue weighted by molar-refractivity contribution is -0.384. The van der Waals surface area contributed by atoms with E-state index in [1.807, 2.05) is 18.0 Å². The molecule has 0 fully saturated rings. The van der Waals surface area contributed by atoms with E-state index < -0.39 is 4.92 Å². The number of ether oxygens (including phenoxy) is 1. The normalized spacial score (nSPS) is 12.4. The number of hydrogen-bond donors (Lipinski definition) is 1. The summed E-state index contributed by atoms with van der Waals surface area (Å²) in [5, 5.41) is 20.6. The van der Waals surface area contributed by atoms with Crippen LogP contribution in [0.15, 0.2) is 34.7 Å². The lowest BCUT2D eigenvalue weighted by atomic mass is 10.1. The Bertz CT molecular complexity index is 696. The van der Waals surface area contributed by atoms with Gasteiger partial charge in [0.25, 0.3) is 5.69 Å². The van der Waals surface area contributed by atoms with E-state index in [1.165, 1.54) is 13.2 Å². The quantitative estimate of drug-likeness (QED) is 0.589. The third-order valence-corrected chi connectivity index (χ3v) is 3.68. The molecule has 2 aromatic rings. The van der Waals surface area contributed by atoms with E-state index in [0.29, 0.717) is 35.8 Å². The van der Waals surface area contributed by atoms with E-state index in [-0.39, 0.29) is 11.8 Å². The second kappa shape index (κ2) is 7.94. The van der Waals surface area contributed by atoms with Gasteiger partial charge in [0.1, 0.15) is 17.3 Å². The van der Waals surface area contributed by atoms with Crippen LogP contribution >= 0.6 is 0 Å². The SMILES string of the molecule is COc1ccc(-c2ccc(CN(C)CCC(C)O)o2)c([N+](=O)[O-])c1. The molecule has 1 atom stereocenters. The largest absolute Gasteiger partial charge is 0.497 e. The summed E-state index contributed by atoms with van der Waals surface area (Å²) in [5.41, 5.74) is 0.358. The molecule has 0 saturated heterocycles. The summed E-state index contributed by atoms with van der Waals surface area (Å²) in [7, 11) is 3.40. The highest BCUT2D eigenvalue weighted by Crippen LogP contribution is 2.34. The number of rotatable bonds is 8. The van der Waals surface area contributed by atoms with Gasteiger partial charge in [-0.15, -0.1) is 0 Å². The molecule has 2 rings (SSSR count). The monoisotopic (exact) mass is 334 g/mol. The van der Waals surface area contributed by atoms with Gasteiger partial charge in [-0.2, -0.15) is 0 Å². The highest BCUT2D eigenvalue weighted by molar-refractivity contribution is 5.71. The summed E-state index contributed by atoms with van der Waals surface area (Å²) in [5.74, 6) is 1.58. The predicted molar refractivity (Wildman–Crippen MR) is 90.0 cm³/mol. The van der Waals surface area contributed by atoms with Crippen molar-refractivity contribution in [3.8, 4) is 17.1 Å². The number of aliphatic hydroxyl groups excluding tert-OH is 1. The molecule has 1 unspecified atom stereocenters. The molecule has 1 N–H and O–H groups in total. The predicted octanol–water partition coefficient (Wildman–Crippen LogP) is 3.07. The summed E-state index contributed by atoms with van der Waals surface area (Å²) in [6.45, 7) is 3.05. The summed E-state index contributed by atoms with van der Waals surface area (Å²) >= 11 is 0. The molecular formula is C17H22N2O5. The van der Waals surface area contributed by atoms with E-state index in [2.05, 4.69) is 0 Å². The van der Waals surface area contributed by atoms with Crippen LogP contribution in [-0.4, -0.2) is 41.7 Å².